The molecule has 0 aliphatic carbocycles. The Morgan fingerprint density at radius 1 is 0.267 bits per heavy atom. The van der Waals surface area contributed by atoms with Gasteiger partial charge in [-0.1, -0.05) is 142 Å². The summed E-state index contributed by atoms with van der Waals surface area (Å²) in [5.41, 5.74) is 26.6. The van der Waals surface area contributed by atoms with E-state index >= 15 is 0 Å². The minimum absolute atomic E-state index is 0.167. The highest BCUT2D eigenvalue weighted by Crippen LogP contribution is 2.38. The van der Waals surface area contributed by atoms with Gasteiger partial charge in [-0.15, -0.1) is 0 Å². The van der Waals surface area contributed by atoms with Crippen molar-refractivity contribution in [2.24, 2.45) is 0 Å². The first-order valence-electron chi connectivity index (χ1n) is 23.0. The quantitative estimate of drug-likeness (QED) is 0.203. The molecule has 4 rings (SSSR count). The lowest BCUT2D eigenvalue weighted by molar-refractivity contribution is 0.216. The van der Waals surface area contributed by atoms with E-state index in [1.165, 1.54) is 72.3 Å². The number of rotatable bonds is 6. The summed E-state index contributed by atoms with van der Waals surface area (Å²) in [6.07, 6.45) is -0.167. The fourth-order valence-electron chi connectivity index (χ4n) is 10.2. The molecule has 60 heavy (non-hydrogen) atoms. The van der Waals surface area contributed by atoms with Crippen LogP contribution in [0.2, 0.25) is 0 Å². The zero-order valence-electron chi connectivity index (χ0n) is 44.4. The Morgan fingerprint density at radius 3 is 0.633 bits per heavy atom. The van der Waals surface area contributed by atoms with Crippen LogP contribution in [0.25, 0.3) is 0 Å². The molecule has 0 aliphatic heterocycles. The average Bonchev–Trinajstić information content (AvgIpc) is 3.03. The number of hydrogen-bond donors (Lipinski definition) is 2. The van der Waals surface area contributed by atoms with Gasteiger partial charge >= 0.3 is 0 Å². The van der Waals surface area contributed by atoms with Crippen LogP contribution in [0, 0.1) is 83.1 Å². The predicted molar refractivity (Wildman–Crippen MR) is 273 cm³/mol. The molecule has 340 valence electrons. The number of aliphatic hydroxyl groups excluding tert-OH is 2. The van der Waals surface area contributed by atoms with Gasteiger partial charge in [0.15, 0.2) is 0 Å². The van der Waals surface area contributed by atoms with Gasteiger partial charge in [0, 0.05) is 13.2 Å². The van der Waals surface area contributed by atoms with Crippen LogP contribution in [-0.2, 0) is 0 Å². The summed E-state index contributed by atoms with van der Waals surface area (Å²) in [6.45, 7) is 57.6. The van der Waals surface area contributed by atoms with Crippen LogP contribution in [0.3, 0.4) is 0 Å². The third kappa shape index (κ3) is 18.4. The monoisotopic (exact) mass is 825 g/mol. The average molecular weight is 825 g/mol. The first-order chi connectivity index (χ1) is 27.5. The first kappa shape index (κ1) is 58.9. The molecule has 0 aromatic heterocycles. The Kier molecular flexibility index (Phi) is 27.2. The highest BCUT2D eigenvalue weighted by atomic mass is 16.3. The summed E-state index contributed by atoms with van der Waals surface area (Å²) in [4.78, 5) is 0. The highest BCUT2D eigenvalue weighted by molar-refractivity contribution is 5.54. The standard InChI is InChI=1S/C18H30.C15H24.C12H18.C9H12.C3H8O.CH4O/c1-10(2)16-13(7)17(11(3)4)15(9)18(12(5)6)14(16)8;1-9(2)14-11(5)8-12(6)15(10(3)4)13(14)7;1-8(2)12-10(4)6-9(3)7-11(12)5;1-7-4-8(2)6-9(3)5-7;1-3(2)4;1-2/h10-12H,1-9H3;8-10H,1-7H3;6-8H,1-5H3;4-6H,1-3H3;3-4H,1-2H3;2H,1H3. The summed E-state index contributed by atoms with van der Waals surface area (Å²) in [6, 6.07) is 13.4. The van der Waals surface area contributed by atoms with Crippen LogP contribution in [0.5, 0.6) is 0 Å². The minimum Gasteiger partial charge on any atom is -0.400 e. The zero-order chi connectivity index (χ0) is 47.7. The number of hydrogen-bond acceptors (Lipinski definition) is 2. The molecule has 0 radical (unpaired) electrons. The van der Waals surface area contributed by atoms with Gasteiger partial charge in [-0.25, -0.2) is 0 Å². The summed E-state index contributed by atoms with van der Waals surface area (Å²) < 4.78 is 0. The molecule has 2 heteroatoms. The predicted octanol–water partition coefficient (Wildman–Crippen LogP) is 17.2. The van der Waals surface area contributed by atoms with Gasteiger partial charge in [0.2, 0.25) is 0 Å². The molecule has 0 aliphatic rings. The Balaban J connectivity index is 0. The van der Waals surface area contributed by atoms with Crippen LogP contribution < -0.4 is 0 Å². The van der Waals surface area contributed by atoms with Crippen molar-refractivity contribution in [2.45, 2.75) is 222 Å². The molecule has 0 heterocycles. The Bertz CT molecular complexity index is 1680. The molecule has 0 saturated heterocycles. The molecule has 0 fully saturated rings. The van der Waals surface area contributed by atoms with E-state index in [-0.39, 0.29) is 6.10 Å². The van der Waals surface area contributed by atoms with Crippen molar-refractivity contribution in [3.8, 4) is 0 Å². The van der Waals surface area contributed by atoms with E-state index in [4.69, 9.17) is 10.2 Å². The van der Waals surface area contributed by atoms with Crippen LogP contribution in [0.4, 0.5) is 0 Å². The van der Waals surface area contributed by atoms with Crippen molar-refractivity contribution < 1.29 is 10.2 Å². The van der Waals surface area contributed by atoms with E-state index < -0.39 is 0 Å². The minimum atomic E-state index is -0.167. The van der Waals surface area contributed by atoms with Gasteiger partial charge in [-0.2, -0.15) is 0 Å². The molecule has 4 aromatic carbocycles. The Morgan fingerprint density at radius 2 is 0.433 bits per heavy atom. The third-order valence-corrected chi connectivity index (χ3v) is 11.1. The van der Waals surface area contributed by atoms with E-state index in [1.807, 2.05) is 0 Å². The van der Waals surface area contributed by atoms with E-state index in [2.05, 4.69) is 203 Å². The van der Waals surface area contributed by atoms with Crippen LogP contribution >= 0.6 is 0 Å². The third-order valence-electron chi connectivity index (χ3n) is 11.1. The maximum atomic E-state index is 8.06. The number of benzene rings is 4. The van der Waals surface area contributed by atoms with Gasteiger partial charge < -0.3 is 10.2 Å². The van der Waals surface area contributed by atoms with E-state index in [1.54, 1.807) is 41.7 Å². The first-order valence-corrected chi connectivity index (χ1v) is 23.0. The van der Waals surface area contributed by atoms with Crippen molar-refractivity contribution >= 4 is 0 Å². The smallest absolute Gasteiger partial charge is 0.0483 e. The summed E-state index contributed by atoms with van der Waals surface area (Å²) in [5, 5.41) is 15.1. The van der Waals surface area contributed by atoms with Gasteiger partial charge in [-0.05, 0) is 210 Å². The molecule has 0 atom stereocenters. The normalized spacial score (nSPS) is 10.8. The van der Waals surface area contributed by atoms with Crippen LogP contribution in [0.1, 0.15) is 233 Å². The molecular formula is C58H96O2. The number of aliphatic hydroxyl groups is 2. The summed E-state index contributed by atoms with van der Waals surface area (Å²) in [5.74, 6) is 3.73. The largest absolute Gasteiger partial charge is 0.400 e. The topological polar surface area (TPSA) is 40.5 Å². The number of aryl methyl sites for hydroxylation is 8. The maximum Gasteiger partial charge on any atom is 0.0483 e. The summed E-state index contributed by atoms with van der Waals surface area (Å²) >= 11 is 0. The molecule has 2 N–H and O–H groups in total. The molecule has 0 spiro atoms. The van der Waals surface area contributed by atoms with Crippen LogP contribution in [-0.4, -0.2) is 23.4 Å². The molecule has 0 bridgehead atoms. The summed E-state index contributed by atoms with van der Waals surface area (Å²) in [7, 11) is 1.00. The lowest BCUT2D eigenvalue weighted by atomic mass is 9.78. The van der Waals surface area contributed by atoms with Crippen molar-refractivity contribution in [1.29, 1.82) is 0 Å². The molecular weight excluding hydrogens is 729 g/mol. The highest BCUT2D eigenvalue weighted by Gasteiger charge is 2.21. The van der Waals surface area contributed by atoms with Crippen molar-refractivity contribution in [3.05, 3.63) is 137 Å². The SMILES string of the molecule is CC(C)O.CO.Cc1c(C(C)C)c(C)c(C(C)C)c(C)c1C(C)C.Cc1cc(C)c(C(C)C)c(C)c1.Cc1cc(C)c(C(C)C)c(C)c1C(C)C.Cc1cc(C)cc(C)c1. The molecule has 0 amide bonds. The van der Waals surface area contributed by atoms with Crippen molar-refractivity contribution in [1.82, 2.24) is 0 Å². The van der Waals surface area contributed by atoms with Gasteiger partial charge in [-0.3, -0.25) is 0 Å². The second-order valence-corrected chi connectivity index (χ2v) is 19.6. The molecule has 0 unspecified atom stereocenters. The fourth-order valence-corrected chi connectivity index (χ4v) is 10.2. The second kappa shape index (κ2) is 27.7. The van der Waals surface area contributed by atoms with Crippen molar-refractivity contribution in [3.63, 3.8) is 0 Å². The van der Waals surface area contributed by atoms with E-state index in [0.29, 0.717) is 35.5 Å². The fraction of sp³-hybridized carbons (Fsp3) is 0.586. The van der Waals surface area contributed by atoms with Gasteiger partial charge in [0.05, 0.1) is 0 Å². The van der Waals surface area contributed by atoms with E-state index in [9.17, 15) is 0 Å². The lowest BCUT2D eigenvalue weighted by Crippen LogP contribution is -2.10. The van der Waals surface area contributed by atoms with Gasteiger partial charge in [0.25, 0.3) is 0 Å². The Hall–Kier alpha value is -3.20. The van der Waals surface area contributed by atoms with E-state index in [0.717, 1.165) is 7.11 Å². The molecule has 0 saturated carbocycles. The Labute approximate surface area is 374 Å². The van der Waals surface area contributed by atoms with Gasteiger partial charge in [0.1, 0.15) is 0 Å². The second-order valence-electron chi connectivity index (χ2n) is 19.6. The maximum absolute atomic E-state index is 8.06. The van der Waals surface area contributed by atoms with Crippen molar-refractivity contribution in [2.75, 3.05) is 7.11 Å². The zero-order valence-corrected chi connectivity index (χ0v) is 44.4. The molecule has 2 nitrogen and oxygen atoms in total. The van der Waals surface area contributed by atoms with Crippen LogP contribution in [0.15, 0.2) is 36.4 Å². The molecule has 4 aromatic rings. The lowest BCUT2D eigenvalue weighted by Gasteiger charge is -2.27.